The Bertz CT molecular complexity index is 1250. The summed E-state index contributed by atoms with van der Waals surface area (Å²) in [6, 6.07) is -1.06. The fourth-order valence-electron chi connectivity index (χ4n) is 3.58. The van der Waals surface area contributed by atoms with E-state index in [1.54, 1.807) is 0 Å². The number of β-lactam (4-membered cyclic amide) rings is 1. The average Bonchev–Trinajstić information content (AvgIpc) is 3.34. The van der Waals surface area contributed by atoms with E-state index < -0.39 is 40.9 Å². The predicted molar refractivity (Wildman–Crippen MR) is 118 cm³/mol. The van der Waals surface area contributed by atoms with E-state index in [9.17, 15) is 29.5 Å². The maximum absolute atomic E-state index is 12.8. The van der Waals surface area contributed by atoms with Crippen molar-refractivity contribution >= 4 is 57.7 Å². The molecule has 2 atom stereocenters. The molecule has 0 radical (unpaired) electrons. The minimum Gasteiger partial charge on any atom is -0.492 e. The Kier molecular flexibility index (Phi) is 6.05. The molecule has 2 amide bonds. The van der Waals surface area contributed by atoms with Crippen molar-refractivity contribution in [3.8, 4) is 0 Å². The van der Waals surface area contributed by atoms with Crippen molar-refractivity contribution in [2.45, 2.75) is 18.3 Å². The maximum Gasteiger partial charge on any atom is 0.352 e. The van der Waals surface area contributed by atoms with Crippen LogP contribution in [0.3, 0.4) is 0 Å². The molecule has 0 aliphatic carbocycles. The molecule has 1 saturated heterocycles. The third kappa shape index (κ3) is 3.77. The second-order valence-electron chi connectivity index (χ2n) is 7.12. The summed E-state index contributed by atoms with van der Waals surface area (Å²) < 4.78 is 10.3. The molecule has 178 valence electrons. The van der Waals surface area contributed by atoms with Crippen LogP contribution in [0, 0.1) is 0 Å². The number of carbonyl (C=O) groups excluding carboxylic acids is 3. The minimum absolute atomic E-state index is 0.0332. The van der Waals surface area contributed by atoms with Gasteiger partial charge in [0.15, 0.2) is 22.4 Å². The SMILES string of the molecule is COC1=C(C)C(=O)O/C1=C\C1=C(C(=O)O)N2C(=O)[C@@H](NC(=O)/C(=N/O)c3csc(N)n3)[C@H]2SC1. The number of nitrogens with one attached hydrogen (secondary N) is 1. The number of fused-ring (bicyclic) bond motifs is 1. The monoisotopic (exact) mass is 507 g/mol. The van der Waals surface area contributed by atoms with Gasteiger partial charge in [-0.2, -0.15) is 0 Å². The summed E-state index contributed by atoms with van der Waals surface area (Å²) >= 11 is 2.24. The molecule has 0 unspecified atom stereocenters. The van der Waals surface area contributed by atoms with Gasteiger partial charge in [0.1, 0.15) is 22.8 Å². The van der Waals surface area contributed by atoms with Gasteiger partial charge in [-0.25, -0.2) is 14.6 Å². The van der Waals surface area contributed by atoms with Crippen LogP contribution in [0.25, 0.3) is 0 Å². The maximum atomic E-state index is 12.8. The number of methoxy groups -OCH3 is 1. The quantitative estimate of drug-likeness (QED) is 0.133. The van der Waals surface area contributed by atoms with Gasteiger partial charge in [-0.3, -0.25) is 14.5 Å². The number of allylic oxidation sites excluding steroid dienone is 1. The van der Waals surface area contributed by atoms with E-state index in [4.69, 9.17) is 15.2 Å². The van der Waals surface area contributed by atoms with Gasteiger partial charge in [0, 0.05) is 11.1 Å². The Morgan fingerprint density at radius 2 is 2.18 bits per heavy atom. The van der Waals surface area contributed by atoms with Crippen LogP contribution in [0.5, 0.6) is 0 Å². The lowest BCUT2D eigenvalue weighted by molar-refractivity contribution is -0.150. The fourth-order valence-corrected chi connectivity index (χ4v) is 5.43. The van der Waals surface area contributed by atoms with E-state index in [1.807, 2.05) is 0 Å². The molecule has 0 aromatic carbocycles. The van der Waals surface area contributed by atoms with E-state index in [-0.39, 0.29) is 44.9 Å². The van der Waals surface area contributed by atoms with Crippen LogP contribution in [-0.4, -0.2) is 73.9 Å². The average molecular weight is 508 g/mol. The van der Waals surface area contributed by atoms with Gasteiger partial charge >= 0.3 is 11.9 Å². The number of nitrogens with two attached hydrogens (primary N) is 1. The Morgan fingerprint density at radius 1 is 1.44 bits per heavy atom. The zero-order valence-electron chi connectivity index (χ0n) is 17.6. The number of hydrogen-bond acceptors (Lipinski definition) is 12. The molecule has 3 aliphatic rings. The van der Waals surface area contributed by atoms with Crippen LogP contribution >= 0.6 is 23.1 Å². The smallest absolute Gasteiger partial charge is 0.352 e. The number of anilines is 1. The number of hydrogen-bond donors (Lipinski definition) is 4. The first-order valence-corrected chi connectivity index (χ1v) is 11.4. The summed E-state index contributed by atoms with van der Waals surface area (Å²) in [5.41, 5.74) is 5.30. The number of cyclic esters (lactones) is 1. The Balaban J connectivity index is 1.58. The largest absolute Gasteiger partial charge is 0.492 e. The second-order valence-corrected chi connectivity index (χ2v) is 9.11. The lowest BCUT2D eigenvalue weighted by Gasteiger charge is -2.49. The molecular weight excluding hydrogens is 490 g/mol. The Morgan fingerprint density at radius 3 is 2.76 bits per heavy atom. The summed E-state index contributed by atoms with van der Waals surface area (Å²) in [7, 11) is 1.35. The molecule has 0 bridgehead atoms. The molecule has 1 aromatic rings. The lowest BCUT2D eigenvalue weighted by atomic mass is 10.0. The molecule has 4 rings (SSSR count). The van der Waals surface area contributed by atoms with Crippen LogP contribution in [-0.2, 0) is 28.7 Å². The highest BCUT2D eigenvalue weighted by molar-refractivity contribution is 8.00. The van der Waals surface area contributed by atoms with Crippen molar-refractivity contribution in [1.82, 2.24) is 15.2 Å². The first kappa shape index (κ1) is 23.3. The van der Waals surface area contributed by atoms with E-state index in [2.05, 4.69) is 15.5 Å². The van der Waals surface area contributed by atoms with E-state index in [0.717, 1.165) is 16.2 Å². The van der Waals surface area contributed by atoms with Crippen LogP contribution < -0.4 is 11.1 Å². The van der Waals surface area contributed by atoms with Crippen molar-refractivity contribution in [3.05, 3.63) is 45.5 Å². The van der Waals surface area contributed by atoms with E-state index in [1.165, 1.54) is 37.3 Å². The molecule has 1 aromatic heterocycles. The highest BCUT2D eigenvalue weighted by Crippen LogP contribution is 2.41. The number of nitrogens with zero attached hydrogens (tertiary/aromatic N) is 3. The molecule has 5 N–H and O–H groups in total. The number of carbonyl (C=O) groups is 4. The third-order valence-electron chi connectivity index (χ3n) is 5.15. The van der Waals surface area contributed by atoms with Gasteiger partial charge < -0.3 is 30.8 Å². The highest BCUT2D eigenvalue weighted by atomic mass is 32.2. The van der Waals surface area contributed by atoms with E-state index in [0.29, 0.717) is 0 Å². The number of rotatable bonds is 6. The highest BCUT2D eigenvalue weighted by Gasteiger charge is 2.54. The Labute approximate surface area is 199 Å². The number of amides is 2. The first-order valence-electron chi connectivity index (χ1n) is 9.52. The van der Waals surface area contributed by atoms with Crippen molar-refractivity contribution in [1.29, 1.82) is 0 Å². The molecule has 13 nitrogen and oxygen atoms in total. The molecule has 34 heavy (non-hydrogen) atoms. The molecule has 1 fully saturated rings. The van der Waals surface area contributed by atoms with Gasteiger partial charge in [0.2, 0.25) is 0 Å². The number of thioether (sulfide) groups is 1. The van der Waals surface area contributed by atoms with Gasteiger partial charge in [0.25, 0.3) is 11.8 Å². The number of oxime groups is 1. The van der Waals surface area contributed by atoms with Crippen molar-refractivity contribution in [2.75, 3.05) is 18.6 Å². The number of aromatic nitrogens is 1. The topological polar surface area (TPSA) is 194 Å². The van der Waals surface area contributed by atoms with Gasteiger partial charge in [-0.05, 0) is 18.6 Å². The normalized spacial score (nSPS) is 23.6. The summed E-state index contributed by atoms with van der Waals surface area (Å²) in [4.78, 5) is 54.2. The number of aliphatic carboxylic acids is 1. The zero-order valence-corrected chi connectivity index (χ0v) is 19.2. The third-order valence-corrected chi connectivity index (χ3v) is 7.13. The van der Waals surface area contributed by atoms with Crippen molar-refractivity contribution in [3.63, 3.8) is 0 Å². The van der Waals surface area contributed by atoms with Gasteiger partial charge in [-0.1, -0.05) is 5.16 Å². The number of thiazole rings is 1. The summed E-state index contributed by atoms with van der Waals surface area (Å²) in [5, 5.41) is 25.3. The van der Waals surface area contributed by atoms with Crippen LogP contribution in [0.15, 0.2) is 45.0 Å². The Hall–Kier alpha value is -3.85. The number of carboxylic acid groups (broad SMARTS) is 1. The standard InChI is InChI=1S/C19H17N5O8S2/c1-6-13(31-2)9(32-18(6)29)3-7-4-33-16-11(15(26)24(16)12(7)17(27)28)22-14(25)10(23-30)8-5-34-19(20)21-8/h3,5,11,16,30H,4H2,1-2H3,(H2,20,21)(H,22,25)(H,27,28)/b9-3-,23-10+/t11-,16-/m1/s1. The summed E-state index contributed by atoms with van der Waals surface area (Å²) in [6.07, 6.45) is 1.35. The second kappa shape index (κ2) is 8.83. The minimum atomic E-state index is -1.37. The van der Waals surface area contributed by atoms with Gasteiger partial charge in [0.05, 0.1) is 12.7 Å². The molecular formula is C19H17N5O8S2. The zero-order chi connectivity index (χ0) is 24.7. The number of esters is 1. The lowest BCUT2D eigenvalue weighted by Crippen LogP contribution is -2.71. The predicted octanol–water partition coefficient (Wildman–Crippen LogP) is 0.00330. The number of ether oxygens (including phenoxy) is 2. The molecule has 0 saturated carbocycles. The summed E-state index contributed by atoms with van der Waals surface area (Å²) in [6.45, 7) is 1.51. The fraction of sp³-hybridized carbons (Fsp3) is 0.263. The van der Waals surface area contributed by atoms with Crippen LogP contribution in [0.4, 0.5) is 5.13 Å². The van der Waals surface area contributed by atoms with Crippen LogP contribution in [0.2, 0.25) is 0 Å². The molecule has 15 heteroatoms. The number of nitrogen functional groups attached to an aromatic ring is 1. The van der Waals surface area contributed by atoms with Gasteiger partial charge in [-0.15, -0.1) is 23.1 Å². The first-order chi connectivity index (χ1) is 16.2. The van der Waals surface area contributed by atoms with Crippen molar-refractivity contribution < 1.29 is 39.0 Å². The number of carboxylic acids is 1. The molecule has 3 aliphatic heterocycles. The summed E-state index contributed by atoms with van der Waals surface area (Å²) in [5.74, 6) is -3.17. The molecule has 0 spiro atoms. The van der Waals surface area contributed by atoms with E-state index >= 15 is 0 Å². The van der Waals surface area contributed by atoms with Crippen LogP contribution in [0.1, 0.15) is 12.6 Å². The molecule has 4 heterocycles. The van der Waals surface area contributed by atoms with Crippen molar-refractivity contribution in [2.24, 2.45) is 5.16 Å².